The number of fused-ring (bicyclic) bond motifs is 1. The highest BCUT2D eigenvalue weighted by Gasteiger charge is 2.51. The van der Waals surface area contributed by atoms with E-state index in [9.17, 15) is 19.2 Å². The van der Waals surface area contributed by atoms with Gasteiger partial charge in [0.25, 0.3) is 5.56 Å². The largest absolute Gasteiger partial charge is 0.463 e. The molecule has 0 unspecified atom stereocenters. The molecule has 1 aliphatic heterocycles. The third kappa shape index (κ3) is 4.18. The van der Waals surface area contributed by atoms with Crippen molar-refractivity contribution in [2.75, 3.05) is 12.3 Å². The average molecular weight is 409 g/mol. The number of hydrogen-bond acceptors (Lipinski definition) is 11. The van der Waals surface area contributed by atoms with Crippen molar-refractivity contribution in [3.8, 4) is 0 Å². The molecule has 0 aliphatic carbocycles. The van der Waals surface area contributed by atoms with E-state index < -0.39 is 48.0 Å². The van der Waals surface area contributed by atoms with Gasteiger partial charge in [-0.25, -0.2) is 4.98 Å². The predicted molar refractivity (Wildman–Crippen MR) is 94.2 cm³/mol. The van der Waals surface area contributed by atoms with Crippen LogP contribution in [0.3, 0.4) is 0 Å². The summed E-state index contributed by atoms with van der Waals surface area (Å²) in [4.78, 5) is 56.9. The van der Waals surface area contributed by atoms with Crippen molar-refractivity contribution in [2.45, 2.75) is 45.3 Å². The summed E-state index contributed by atoms with van der Waals surface area (Å²) in [5.74, 6) is -2.04. The zero-order valence-corrected chi connectivity index (χ0v) is 15.8. The Hall–Kier alpha value is -3.48. The molecule has 3 rings (SSSR count). The number of hydrogen-bond donors (Lipinski definition) is 2. The topological polar surface area (TPSA) is 178 Å². The smallest absolute Gasteiger partial charge is 0.303 e. The average Bonchev–Trinajstić information content (AvgIpc) is 3.15. The minimum absolute atomic E-state index is 0.0168. The lowest BCUT2D eigenvalue weighted by Crippen LogP contribution is -2.40. The molecular formula is C16H19N5O8. The summed E-state index contributed by atoms with van der Waals surface area (Å²) in [5, 5.41) is 0. The van der Waals surface area contributed by atoms with Gasteiger partial charge in [0, 0.05) is 20.8 Å². The number of nitrogens with two attached hydrogens (primary N) is 1. The molecule has 29 heavy (non-hydrogen) atoms. The Labute approximate surface area is 163 Å². The number of imidazole rings is 1. The molecule has 0 radical (unpaired) electrons. The first-order valence-corrected chi connectivity index (χ1v) is 8.53. The van der Waals surface area contributed by atoms with Gasteiger partial charge in [0.1, 0.15) is 12.7 Å². The van der Waals surface area contributed by atoms with Crippen molar-refractivity contribution < 1.29 is 33.3 Å². The molecule has 3 N–H and O–H groups in total. The van der Waals surface area contributed by atoms with Gasteiger partial charge in [-0.05, 0) is 0 Å². The number of nitrogens with zero attached hydrogens (tertiary/aromatic N) is 3. The fourth-order valence-corrected chi connectivity index (χ4v) is 3.05. The van der Waals surface area contributed by atoms with Crippen LogP contribution in [0.15, 0.2) is 11.1 Å². The number of carbonyl (C=O) groups excluding carboxylic acids is 3. The van der Waals surface area contributed by atoms with E-state index in [1.165, 1.54) is 31.7 Å². The molecule has 0 bridgehead atoms. The van der Waals surface area contributed by atoms with Crippen LogP contribution < -0.4 is 11.3 Å². The van der Waals surface area contributed by atoms with Gasteiger partial charge in [-0.2, -0.15) is 4.98 Å². The van der Waals surface area contributed by atoms with E-state index in [1.54, 1.807) is 0 Å². The van der Waals surface area contributed by atoms with Gasteiger partial charge in [0.2, 0.25) is 5.95 Å². The maximum absolute atomic E-state index is 12.0. The number of anilines is 1. The lowest BCUT2D eigenvalue weighted by Gasteiger charge is -2.23. The number of esters is 3. The van der Waals surface area contributed by atoms with Crippen LogP contribution in [0.25, 0.3) is 11.2 Å². The molecule has 1 saturated heterocycles. The molecule has 2 aromatic rings. The highest BCUT2D eigenvalue weighted by molar-refractivity contribution is 5.71. The quantitative estimate of drug-likeness (QED) is 0.458. The van der Waals surface area contributed by atoms with Crippen molar-refractivity contribution in [1.29, 1.82) is 0 Å². The summed E-state index contributed by atoms with van der Waals surface area (Å²) in [6.45, 7) is 3.30. The number of nitrogens with one attached hydrogen (secondary N) is 1. The number of H-pyrrole nitrogens is 1. The van der Waals surface area contributed by atoms with Crippen molar-refractivity contribution in [1.82, 2.24) is 19.5 Å². The van der Waals surface area contributed by atoms with Crippen LogP contribution in [0.5, 0.6) is 0 Å². The monoisotopic (exact) mass is 409 g/mol. The first kappa shape index (κ1) is 20.3. The van der Waals surface area contributed by atoms with Crippen molar-refractivity contribution in [2.24, 2.45) is 0 Å². The van der Waals surface area contributed by atoms with Crippen LogP contribution in [0, 0.1) is 0 Å². The molecule has 1 aliphatic rings. The van der Waals surface area contributed by atoms with E-state index in [1.807, 2.05) is 0 Å². The highest BCUT2D eigenvalue weighted by atomic mass is 16.7. The number of aromatic nitrogens is 4. The minimum atomic E-state index is -1.13. The molecule has 13 nitrogen and oxygen atoms in total. The molecule has 2 aromatic heterocycles. The van der Waals surface area contributed by atoms with E-state index in [4.69, 9.17) is 24.7 Å². The third-order valence-electron chi connectivity index (χ3n) is 4.07. The van der Waals surface area contributed by atoms with Gasteiger partial charge >= 0.3 is 17.9 Å². The summed E-state index contributed by atoms with van der Waals surface area (Å²) in [6.07, 6.45) is -2.99. The van der Waals surface area contributed by atoms with E-state index in [2.05, 4.69) is 15.0 Å². The predicted octanol–water partition coefficient (Wildman–Crippen LogP) is -0.974. The van der Waals surface area contributed by atoms with Crippen LogP contribution in [-0.2, 0) is 33.3 Å². The van der Waals surface area contributed by atoms with Gasteiger partial charge in [0.15, 0.2) is 29.6 Å². The molecule has 0 spiro atoms. The Morgan fingerprint density at radius 3 is 2.45 bits per heavy atom. The molecule has 4 atom stereocenters. The maximum atomic E-state index is 12.0. The van der Waals surface area contributed by atoms with Crippen molar-refractivity contribution in [3.63, 3.8) is 0 Å². The Morgan fingerprint density at radius 1 is 1.17 bits per heavy atom. The summed E-state index contributed by atoms with van der Waals surface area (Å²) >= 11 is 0. The number of nitrogen functional groups attached to an aromatic ring is 1. The number of aromatic amines is 1. The fraction of sp³-hybridized carbons (Fsp3) is 0.500. The molecule has 156 valence electrons. The SMILES string of the molecule is CC(=O)OC[C@H]1O[C@@H](n2cnc3c(=O)[nH]c(N)nc32)[C@@H](OC(C)=O)[C@H]1OC(C)=O. The first-order chi connectivity index (χ1) is 13.7. The summed E-state index contributed by atoms with van der Waals surface area (Å²) < 4.78 is 22.8. The van der Waals surface area contributed by atoms with E-state index in [-0.39, 0.29) is 23.7 Å². The normalized spacial score (nSPS) is 23.7. The fourth-order valence-electron chi connectivity index (χ4n) is 3.05. The molecule has 1 fully saturated rings. The van der Waals surface area contributed by atoms with Crippen LogP contribution in [0.4, 0.5) is 5.95 Å². The number of carbonyl (C=O) groups is 3. The Bertz CT molecular complexity index is 1010. The molecule has 3 heterocycles. The third-order valence-corrected chi connectivity index (χ3v) is 4.07. The van der Waals surface area contributed by atoms with Gasteiger partial charge in [-0.1, -0.05) is 0 Å². The van der Waals surface area contributed by atoms with Gasteiger partial charge in [-0.15, -0.1) is 0 Å². The second-order valence-electron chi connectivity index (χ2n) is 6.29. The molecule has 13 heteroatoms. The van der Waals surface area contributed by atoms with Gasteiger partial charge in [-0.3, -0.25) is 28.7 Å². The molecule has 0 aromatic carbocycles. The Morgan fingerprint density at radius 2 is 1.83 bits per heavy atom. The second kappa shape index (κ2) is 7.87. The zero-order chi connectivity index (χ0) is 21.3. The van der Waals surface area contributed by atoms with Crippen molar-refractivity contribution >= 4 is 35.0 Å². The van der Waals surface area contributed by atoms with E-state index >= 15 is 0 Å². The van der Waals surface area contributed by atoms with Gasteiger partial charge in [0.05, 0.1) is 6.33 Å². The summed E-state index contributed by atoms with van der Waals surface area (Å²) in [6, 6.07) is 0. The van der Waals surface area contributed by atoms with Crippen molar-refractivity contribution in [3.05, 3.63) is 16.7 Å². The lowest BCUT2D eigenvalue weighted by molar-refractivity contribution is -0.166. The summed E-state index contributed by atoms with van der Waals surface area (Å²) in [7, 11) is 0. The van der Waals surface area contributed by atoms with Crippen LogP contribution in [-0.4, -0.2) is 62.3 Å². The second-order valence-corrected chi connectivity index (χ2v) is 6.29. The molecule has 0 saturated carbocycles. The molecular weight excluding hydrogens is 390 g/mol. The number of rotatable bonds is 5. The van der Waals surface area contributed by atoms with E-state index in [0.29, 0.717) is 0 Å². The Balaban J connectivity index is 2.05. The first-order valence-electron chi connectivity index (χ1n) is 8.53. The van der Waals surface area contributed by atoms with Crippen LogP contribution in [0.2, 0.25) is 0 Å². The van der Waals surface area contributed by atoms with Gasteiger partial charge < -0.3 is 24.7 Å². The van der Waals surface area contributed by atoms with Crippen LogP contribution >= 0.6 is 0 Å². The maximum Gasteiger partial charge on any atom is 0.303 e. The standard InChI is InChI=1S/C16H19N5O8/c1-6(22)26-4-9-11(27-7(2)23)12(28-8(3)24)15(29-9)21-5-18-10-13(21)19-16(17)20-14(10)25/h5,9,11-12,15H,4H2,1-3H3,(H3,17,19,20,25)/t9-,11+,12+,15-/m1/s1. The highest BCUT2D eigenvalue weighted by Crippen LogP contribution is 2.35. The summed E-state index contributed by atoms with van der Waals surface area (Å²) in [5.41, 5.74) is 5.09. The number of ether oxygens (including phenoxy) is 4. The zero-order valence-electron chi connectivity index (χ0n) is 15.8. The molecule has 0 amide bonds. The Kier molecular flexibility index (Phi) is 5.50. The lowest BCUT2D eigenvalue weighted by atomic mass is 10.1. The minimum Gasteiger partial charge on any atom is -0.463 e. The van der Waals surface area contributed by atoms with E-state index in [0.717, 1.165) is 0 Å². The van der Waals surface area contributed by atoms with Crippen LogP contribution in [0.1, 0.15) is 27.0 Å².